The van der Waals surface area contributed by atoms with E-state index in [1.807, 2.05) is 30.3 Å². The summed E-state index contributed by atoms with van der Waals surface area (Å²) in [4.78, 5) is 11.1. The molecule has 0 amide bonds. The highest BCUT2D eigenvalue weighted by Gasteiger charge is 2.13. The maximum Gasteiger partial charge on any atom is 0.318 e. The number of carbonyl (C=O) groups excluding carboxylic acids is 1. The molecule has 0 saturated heterocycles. The molecule has 0 aliphatic heterocycles. The van der Waals surface area contributed by atoms with E-state index in [1.54, 1.807) is 6.92 Å². The summed E-state index contributed by atoms with van der Waals surface area (Å²) in [6.45, 7) is 2.04. The van der Waals surface area contributed by atoms with Crippen molar-refractivity contribution < 1.29 is 13.7 Å². The minimum Gasteiger partial charge on any atom is -0.465 e. The van der Waals surface area contributed by atoms with Gasteiger partial charge in [0.15, 0.2) is 0 Å². The number of nitrogens with two attached hydrogens (primary N) is 1. The summed E-state index contributed by atoms with van der Waals surface area (Å²) < 4.78 is 16.4. The zero-order valence-corrected chi connectivity index (χ0v) is 11.3. The van der Waals surface area contributed by atoms with Gasteiger partial charge in [0.1, 0.15) is 5.75 Å². The molecule has 0 saturated carbocycles. The highest BCUT2D eigenvalue weighted by molar-refractivity contribution is 7.85. The van der Waals surface area contributed by atoms with Crippen molar-refractivity contribution in [3.8, 4) is 0 Å². The van der Waals surface area contributed by atoms with Gasteiger partial charge < -0.3 is 10.5 Å². The average Bonchev–Trinajstić information content (AvgIpc) is 2.29. The van der Waals surface area contributed by atoms with Gasteiger partial charge >= 0.3 is 5.97 Å². The summed E-state index contributed by atoms with van der Waals surface area (Å²) in [5, 5.41) is 0. The lowest BCUT2D eigenvalue weighted by molar-refractivity contribution is -0.139. The Morgan fingerprint density at radius 3 is 2.67 bits per heavy atom. The lowest BCUT2D eigenvalue weighted by Gasteiger charge is -2.11. The summed E-state index contributed by atoms with van der Waals surface area (Å²) in [7, 11) is -1.25. The highest BCUT2D eigenvalue weighted by Crippen LogP contribution is 2.03. The summed E-state index contributed by atoms with van der Waals surface area (Å²) in [5.74, 6) is -0.188. The van der Waals surface area contributed by atoms with Gasteiger partial charge in [0.2, 0.25) is 0 Å². The van der Waals surface area contributed by atoms with Gasteiger partial charge in [-0.2, -0.15) is 0 Å². The Labute approximate surface area is 110 Å². The molecule has 0 fully saturated rings. The molecule has 0 heterocycles. The fourth-order valence-corrected chi connectivity index (χ4v) is 2.67. The largest absolute Gasteiger partial charge is 0.465 e. The van der Waals surface area contributed by atoms with Crippen LogP contribution < -0.4 is 5.73 Å². The molecular weight excluding hydrogens is 250 g/mol. The van der Waals surface area contributed by atoms with Gasteiger partial charge in [-0.25, -0.2) is 0 Å². The molecule has 1 aromatic carbocycles. The molecule has 18 heavy (non-hydrogen) atoms. The Morgan fingerprint density at radius 2 is 2.06 bits per heavy atom. The van der Waals surface area contributed by atoms with Crippen LogP contribution in [0, 0.1) is 0 Å². The predicted molar refractivity (Wildman–Crippen MR) is 72.6 cm³/mol. The van der Waals surface area contributed by atoms with Crippen LogP contribution in [-0.4, -0.2) is 34.3 Å². The van der Waals surface area contributed by atoms with E-state index in [0.29, 0.717) is 18.8 Å². The second-order valence-electron chi connectivity index (χ2n) is 4.01. The van der Waals surface area contributed by atoms with Gasteiger partial charge in [-0.3, -0.25) is 9.00 Å². The monoisotopic (exact) mass is 269 g/mol. The van der Waals surface area contributed by atoms with Gasteiger partial charge in [-0.05, 0) is 18.9 Å². The molecule has 0 aliphatic carbocycles. The zero-order valence-electron chi connectivity index (χ0n) is 10.5. The van der Waals surface area contributed by atoms with E-state index in [-0.39, 0.29) is 11.8 Å². The van der Waals surface area contributed by atoms with E-state index in [0.717, 1.165) is 5.56 Å². The quantitative estimate of drug-likeness (QED) is 0.746. The Kier molecular flexibility index (Phi) is 6.60. The molecular formula is C13H19NO3S. The van der Waals surface area contributed by atoms with Crippen LogP contribution in [0.15, 0.2) is 30.3 Å². The predicted octanol–water partition coefficient (Wildman–Crippen LogP) is 0.868. The van der Waals surface area contributed by atoms with E-state index >= 15 is 0 Å². The molecule has 2 N–H and O–H groups in total. The third-order valence-corrected chi connectivity index (χ3v) is 3.68. The van der Waals surface area contributed by atoms with Crippen molar-refractivity contribution in [3.63, 3.8) is 0 Å². The number of benzene rings is 1. The van der Waals surface area contributed by atoms with Crippen molar-refractivity contribution in [1.29, 1.82) is 0 Å². The molecule has 4 nitrogen and oxygen atoms in total. The molecule has 2 atom stereocenters. The zero-order chi connectivity index (χ0) is 13.4. The minimum absolute atomic E-state index is 0.0731. The Balaban J connectivity index is 2.34. The van der Waals surface area contributed by atoms with E-state index in [9.17, 15) is 9.00 Å². The molecule has 0 radical (unpaired) electrons. The molecule has 0 spiro atoms. The van der Waals surface area contributed by atoms with Crippen LogP contribution in [0.2, 0.25) is 0 Å². The van der Waals surface area contributed by atoms with Gasteiger partial charge in [-0.1, -0.05) is 30.3 Å². The van der Waals surface area contributed by atoms with Gasteiger partial charge in [0.25, 0.3) is 0 Å². The van der Waals surface area contributed by atoms with Crippen molar-refractivity contribution >= 4 is 16.8 Å². The Hall–Kier alpha value is -1.20. The number of esters is 1. The summed E-state index contributed by atoms with van der Waals surface area (Å²) in [6.07, 6.45) is 0.662. The molecule has 100 valence electrons. The lowest BCUT2D eigenvalue weighted by atomic mass is 10.1. The van der Waals surface area contributed by atoms with Crippen molar-refractivity contribution in [3.05, 3.63) is 35.9 Å². The summed E-state index contributed by atoms with van der Waals surface area (Å²) >= 11 is 0. The molecule has 5 heteroatoms. The van der Waals surface area contributed by atoms with Crippen LogP contribution in [0.4, 0.5) is 0 Å². The second-order valence-corrected chi connectivity index (χ2v) is 5.51. The topological polar surface area (TPSA) is 69.4 Å². The van der Waals surface area contributed by atoms with Gasteiger partial charge in [0, 0.05) is 22.6 Å². The van der Waals surface area contributed by atoms with Crippen molar-refractivity contribution in [2.75, 3.05) is 18.1 Å². The van der Waals surface area contributed by atoms with E-state index in [2.05, 4.69) is 0 Å². The molecule has 1 aromatic rings. The third kappa shape index (κ3) is 5.93. The molecule has 0 aromatic heterocycles. The van der Waals surface area contributed by atoms with Crippen LogP contribution >= 0.6 is 0 Å². The normalized spacial score (nSPS) is 13.9. The first kappa shape index (κ1) is 14.9. The van der Waals surface area contributed by atoms with Crippen LogP contribution in [0.1, 0.15) is 12.5 Å². The first-order chi connectivity index (χ1) is 8.61. The Morgan fingerprint density at radius 1 is 1.39 bits per heavy atom. The number of hydrogen-bond acceptors (Lipinski definition) is 4. The Bertz CT molecular complexity index is 394. The van der Waals surface area contributed by atoms with Crippen molar-refractivity contribution in [1.82, 2.24) is 0 Å². The third-order valence-electron chi connectivity index (χ3n) is 2.32. The van der Waals surface area contributed by atoms with Gasteiger partial charge in [0.05, 0.1) is 6.61 Å². The molecule has 0 aliphatic rings. The van der Waals surface area contributed by atoms with E-state index in [4.69, 9.17) is 10.5 Å². The number of carbonyl (C=O) groups is 1. The first-order valence-corrected chi connectivity index (χ1v) is 7.40. The fourth-order valence-electron chi connectivity index (χ4n) is 1.61. The maximum absolute atomic E-state index is 11.7. The lowest BCUT2D eigenvalue weighted by Crippen LogP contribution is -2.31. The van der Waals surface area contributed by atoms with Crippen molar-refractivity contribution in [2.45, 2.75) is 19.4 Å². The molecule has 0 bridgehead atoms. The maximum atomic E-state index is 11.7. The number of ether oxygens (including phenoxy) is 1. The summed E-state index contributed by atoms with van der Waals surface area (Å²) in [6, 6.07) is 9.58. The average molecular weight is 269 g/mol. The van der Waals surface area contributed by atoms with E-state index < -0.39 is 16.8 Å². The second kappa shape index (κ2) is 8.00. The number of hydrogen-bond donors (Lipinski definition) is 1. The highest BCUT2D eigenvalue weighted by atomic mass is 32.2. The standard InChI is InChI=1S/C13H19NO3S/c1-2-17-13(15)10-18(16)9-12(14)8-11-6-4-3-5-7-11/h3-7,12H,2,8-10,14H2,1H3/t12?,18-/m0/s1. The van der Waals surface area contributed by atoms with Crippen LogP contribution in [-0.2, 0) is 26.8 Å². The van der Waals surface area contributed by atoms with Crippen molar-refractivity contribution in [2.24, 2.45) is 5.73 Å². The minimum atomic E-state index is -1.25. The van der Waals surface area contributed by atoms with E-state index in [1.165, 1.54) is 0 Å². The fraction of sp³-hybridized carbons (Fsp3) is 0.462. The smallest absolute Gasteiger partial charge is 0.318 e. The first-order valence-electron chi connectivity index (χ1n) is 5.92. The summed E-state index contributed by atoms with van der Waals surface area (Å²) in [5.41, 5.74) is 7.02. The molecule has 1 rings (SSSR count). The van der Waals surface area contributed by atoms with Crippen LogP contribution in [0.5, 0.6) is 0 Å². The number of rotatable bonds is 7. The van der Waals surface area contributed by atoms with Gasteiger partial charge in [-0.15, -0.1) is 0 Å². The SMILES string of the molecule is CCOC(=O)C[S@@](=O)CC(N)Cc1ccccc1. The van der Waals surface area contributed by atoms with Crippen LogP contribution in [0.3, 0.4) is 0 Å². The molecule has 1 unspecified atom stereocenters. The van der Waals surface area contributed by atoms with Crippen LogP contribution in [0.25, 0.3) is 0 Å².